The van der Waals surface area contributed by atoms with Crippen molar-refractivity contribution in [2.45, 2.75) is 81.2 Å². The molecule has 1 aliphatic heterocycles. The number of likely N-dealkylation sites (N-methyl/N-ethyl adjacent to an activating group) is 1. The molecule has 2 fully saturated rings. The Kier molecular flexibility index (Phi) is 33.5. The summed E-state index contributed by atoms with van der Waals surface area (Å²) in [5.74, 6) is 0.416. The quantitative estimate of drug-likeness (QED) is 0.530. The molecule has 4 N–H and O–H groups in total. The number of rotatable bonds is 4. The second-order valence-electron chi connectivity index (χ2n) is 6.44. The summed E-state index contributed by atoms with van der Waals surface area (Å²) in [4.78, 5) is 33.6. The average molecular weight is 448 g/mol. The molecule has 0 bridgehead atoms. The van der Waals surface area contributed by atoms with Crippen LogP contribution in [-0.2, 0) is 14.4 Å². The van der Waals surface area contributed by atoms with Crippen molar-refractivity contribution in [3.8, 4) is 0 Å². The third-order valence-corrected chi connectivity index (χ3v) is 3.61. The Bertz CT molecular complexity index is 408. The van der Waals surface area contributed by atoms with Gasteiger partial charge in [0.1, 0.15) is 0 Å². The average Bonchev–Trinajstić information content (AvgIpc) is 3.62. The van der Waals surface area contributed by atoms with Crippen molar-refractivity contribution in [2.24, 2.45) is 5.92 Å². The van der Waals surface area contributed by atoms with E-state index in [-0.39, 0.29) is 23.6 Å². The number of carbonyl (C=O) groups excluding carboxylic acids is 3. The van der Waals surface area contributed by atoms with Crippen LogP contribution < -0.4 is 21.3 Å². The molecule has 1 aliphatic carbocycles. The highest BCUT2D eigenvalue weighted by Crippen LogP contribution is 2.17. The number of nitrogens with zero attached hydrogens (tertiary/aromatic N) is 1. The molecular weight excluding hydrogens is 394 g/mol. The van der Waals surface area contributed by atoms with Gasteiger partial charge in [0.2, 0.25) is 17.7 Å². The number of piperazine rings is 1. The fraction of sp³-hybridized carbons (Fsp3) is 0.870. The molecule has 1 heterocycles. The molecule has 3 amide bonds. The summed E-state index contributed by atoms with van der Waals surface area (Å²) in [6, 6.07) is 0.525. The zero-order valence-electron chi connectivity index (χ0n) is 22.3. The van der Waals surface area contributed by atoms with Crippen LogP contribution in [0.25, 0.3) is 0 Å². The van der Waals surface area contributed by atoms with Crippen LogP contribution in [0.2, 0.25) is 0 Å². The van der Waals surface area contributed by atoms with Gasteiger partial charge in [0.25, 0.3) is 0 Å². The second-order valence-corrected chi connectivity index (χ2v) is 6.44. The summed E-state index contributed by atoms with van der Waals surface area (Å²) >= 11 is 0. The molecule has 1 saturated carbocycles. The SMILES string of the molecule is CC.CC.CC.CC(=O)NC1CC1.CNC(=O)C(C)C.CNC(=O)CN1CCNCC1. The van der Waals surface area contributed by atoms with E-state index in [9.17, 15) is 14.4 Å². The highest BCUT2D eigenvalue weighted by atomic mass is 16.2. The van der Waals surface area contributed by atoms with Gasteiger partial charge in [-0.1, -0.05) is 55.4 Å². The van der Waals surface area contributed by atoms with E-state index in [0.29, 0.717) is 12.6 Å². The first-order chi connectivity index (χ1) is 14.8. The fourth-order valence-corrected chi connectivity index (χ4v) is 1.96. The Morgan fingerprint density at radius 3 is 1.58 bits per heavy atom. The van der Waals surface area contributed by atoms with Crippen LogP contribution in [-0.4, -0.2) is 75.5 Å². The lowest BCUT2D eigenvalue weighted by Gasteiger charge is -2.26. The molecule has 0 radical (unpaired) electrons. The van der Waals surface area contributed by atoms with Gasteiger partial charge in [-0.3, -0.25) is 19.3 Å². The summed E-state index contributed by atoms with van der Waals surface area (Å²) in [6.45, 7) is 21.8. The maximum atomic E-state index is 10.9. The van der Waals surface area contributed by atoms with Crippen LogP contribution in [0.5, 0.6) is 0 Å². The first-order valence-electron chi connectivity index (χ1n) is 11.9. The molecule has 8 nitrogen and oxygen atoms in total. The molecule has 0 atom stereocenters. The lowest BCUT2D eigenvalue weighted by atomic mass is 10.2. The Labute approximate surface area is 192 Å². The van der Waals surface area contributed by atoms with Gasteiger partial charge in [0.15, 0.2) is 0 Å². The van der Waals surface area contributed by atoms with Crippen LogP contribution >= 0.6 is 0 Å². The minimum Gasteiger partial charge on any atom is -0.359 e. The summed E-state index contributed by atoms with van der Waals surface area (Å²) in [7, 11) is 3.31. The molecule has 0 aromatic heterocycles. The first kappa shape index (κ1) is 36.7. The zero-order valence-corrected chi connectivity index (χ0v) is 22.3. The first-order valence-corrected chi connectivity index (χ1v) is 11.9. The van der Waals surface area contributed by atoms with Gasteiger partial charge in [0.05, 0.1) is 6.54 Å². The molecule has 0 aromatic rings. The van der Waals surface area contributed by atoms with Gasteiger partial charge in [-0.15, -0.1) is 0 Å². The molecular formula is C23H53N5O3. The Morgan fingerprint density at radius 2 is 1.35 bits per heavy atom. The van der Waals surface area contributed by atoms with Crippen molar-refractivity contribution in [1.82, 2.24) is 26.2 Å². The van der Waals surface area contributed by atoms with E-state index in [1.165, 1.54) is 12.8 Å². The van der Waals surface area contributed by atoms with E-state index < -0.39 is 0 Å². The lowest BCUT2D eigenvalue weighted by molar-refractivity contribution is -0.123. The monoisotopic (exact) mass is 447 g/mol. The van der Waals surface area contributed by atoms with Crippen molar-refractivity contribution >= 4 is 17.7 Å². The smallest absolute Gasteiger partial charge is 0.233 e. The molecule has 2 rings (SSSR count). The number of hydrogen-bond acceptors (Lipinski definition) is 5. The van der Waals surface area contributed by atoms with Crippen molar-refractivity contribution in [3.05, 3.63) is 0 Å². The van der Waals surface area contributed by atoms with E-state index in [0.717, 1.165) is 26.2 Å². The van der Waals surface area contributed by atoms with Gasteiger partial charge in [-0.05, 0) is 12.8 Å². The Balaban J connectivity index is -0.000000161. The summed E-state index contributed by atoms with van der Waals surface area (Å²) in [5.41, 5.74) is 0. The van der Waals surface area contributed by atoms with Crippen LogP contribution in [0, 0.1) is 5.92 Å². The van der Waals surface area contributed by atoms with E-state index >= 15 is 0 Å². The minimum atomic E-state index is 0.0972. The number of amides is 3. The topological polar surface area (TPSA) is 103 Å². The molecule has 0 aromatic carbocycles. The number of hydrogen-bond donors (Lipinski definition) is 4. The normalized spacial score (nSPS) is 13.9. The van der Waals surface area contributed by atoms with Crippen LogP contribution in [0.1, 0.15) is 75.2 Å². The second kappa shape index (κ2) is 28.3. The van der Waals surface area contributed by atoms with Gasteiger partial charge < -0.3 is 21.3 Å². The highest BCUT2D eigenvalue weighted by Gasteiger charge is 2.21. The Hall–Kier alpha value is -1.67. The van der Waals surface area contributed by atoms with Crippen molar-refractivity contribution in [1.29, 1.82) is 0 Å². The largest absolute Gasteiger partial charge is 0.359 e. The van der Waals surface area contributed by atoms with Gasteiger partial charge in [-0.25, -0.2) is 0 Å². The molecule has 8 heteroatoms. The van der Waals surface area contributed by atoms with Crippen LogP contribution in [0.4, 0.5) is 0 Å². The minimum absolute atomic E-state index is 0.0972. The molecule has 1 saturated heterocycles. The molecule has 31 heavy (non-hydrogen) atoms. The van der Waals surface area contributed by atoms with Gasteiger partial charge >= 0.3 is 0 Å². The maximum absolute atomic E-state index is 10.9. The van der Waals surface area contributed by atoms with E-state index in [4.69, 9.17) is 0 Å². The Morgan fingerprint density at radius 1 is 0.903 bits per heavy atom. The predicted octanol–water partition coefficient (Wildman–Crippen LogP) is 2.39. The standard InChI is InChI=1S/C7H15N3O.C5H9NO.C5H11NO.3C2H6/c1-8-7(11)6-10-4-2-9-3-5-10;1-4(7)6-5-2-3-5;1-4(2)5(7)6-3;3*1-2/h9H,2-6H2,1H3,(H,8,11);5H,2-3H2,1H3,(H,6,7);4H,1-3H3,(H,6,7);3*1-2H3. The summed E-state index contributed by atoms with van der Waals surface area (Å²) < 4.78 is 0. The molecule has 0 spiro atoms. The van der Waals surface area contributed by atoms with Crippen molar-refractivity contribution in [2.75, 3.05) is 46.8 Å². The van der Waals surface area contributed by atoms with Crippen molar-refractivity contribution in [3.63, 3.8) is 0 Å². The predicted molar refractivity (Wildman–Crippen MR) is 133 cm³/mol. The van der Waals surface area contributed by atoms with Gasteiger partial charge in [-0.2, -0.15) is 0 Å². The van der Waals surface area contributed by atoms with E-state index in [2.05, 4.69) is 26.2 Å². The number of carbonyl (C=O) groups is 3. The lowest BCUT2D eigenvalue weighted by Crippen LogP contribution is -2.47. The summed E-state index contributed by atoms with van der Waals surface area (Å²) in [5, 5.41) is 11.1. The summed E-state index contributed by atoms with van der Waals surface area (Å²) in [6.07, 6.45) is 2.36. The van der Waals surface area contributed by atoms with E-state index in [1.54, 1.807) is 21.0 Å². The van der Waals surface area contributed by atoms with Crippen molar-refractivity contribution < 1.29 is 14.4 Å². The molecule has 188 valence electrons. The van der Waals surface area contributed by atoms with Crippen LogP contribution in [0.3, 0.4) is 0 Å². The van der Waals surface area contributed by atoms with E-state index in [1.807, 2.05) is 55.4 Å². The highest BCUT2D eigenvalue weighted by molar-refractivity contribution is 5.77. The third kappa shape index (κ3) is 30.6. The zero-order chi connectivity index (χ0) is 25.2. The maximum Gasteiger partial charge on any atom is 0.233 e. The number of nitrogens with one attached hydrogen (secondary N) is 4. The fourth-order valence-electron chi connectivity index (χ4n) is 1.96. The molecule has 0 unspecified atom stereocenters. The van der Waals surface area contributed by atoms with Crippen LogP contribution in [0.15, 0.2) is 0 Å². The third-order valence-electron chi connectivity index (χ3n) is 3.61. The molecule has 2 aliphatic rings. The van der Waals surface area contributed by atoms with Gasteiger partial charge in [0, 0.05) is 59.2 Å².